The molecule has 0 unspecified atom stereocenters. The molecule has 1 saturated heterocycles. The van der Waals surface area contributed by atoms with Crippen LogP contribution in [0.15, 0.2) is 18.2 Å². The Morgan fingerprint density at radius 2 is 1.89 bits per heavy atom. The Balaban J connectivity index is 2.25. The van der Waals surface area contributed by atoms with Crippen molar-refractivity contribution in [2.45, 2.75) is 25.1 Å². The second-order valence-corrected chi connectivity index (χ2v) is 4.82. The SMILES string of the molecule is CNC1CCN(c2ccc(N)cc2C(F)(F)F)CC1. The van der Waals surface area contributed by atoms with Gasteiger partial charge in [0.15, 0.2) is 0 Å². The van der Waals surface area contributed by atoms with Crippen LogP contribution < -0.4 is 16.0 Å². The van der Waals surface area contributed by atoms with Gasteiger partial charge in [-0.15, -0.1) is 0 Å². The largest absolute Gasteiger partial charge is 0.418 e. The number of rotatable bonds is 2. The van der Waals surface area contributed by atoms with Crippen molar-refractivity contribution in [3.05, 3.63) is 23.8 Å². The lowest BCUT2D eigenvalue weighted by Crippen LogP contribution is -2.41. The van der Waals surface area contributed by atoms with Crippen molar-refractivity contribution in [1.29, 1.82) is 0 Å². The van der Waals surface area contributed by atoms with Crippen molar-refractivity contribution >= 4 is 11.4 Å². The Morgan fingerprint density at radius 1 is 1.26 bits per heavy atom. The molecule has 3 N–H and O–H groups in total. The molecule has 19 heavy (non-hydrogen) atoms. The van der Waals surface area contributed by atoms with Crippen LogP contribution in [-0.2, 0) is 6.18 Å². The maximum Gasteiger partial charge on any atom is 0.418 e. The van der Waals surface area contributed by atoms with Crippen LogP contribution in [0.2, 0.25) is 0 Å². The van der Waals surface area contributed by atoms with Crippen molar-refractivity contribution in [3.63, 3.8) is 0 Å². The summed E-state index contributed by atoms with van der Waals surface area (Å²) in [4.78, 5) is 1.79. The molecule has 0 radical (unpaired) electrons. The zero-order chi connectivity index (χ0) is 14.0. The average Bonchev–Trinajstić information content (AvgIpc) is 2.38. The number of nitrogens with two attached hydrogens (primary N) is 1. The first kappa shape index (κ1) is 14.0. The number of nitrogens with zero attached hydrogens (tertiary/aromatic N) is 1. The Hall–Kier alpha value is -1.43. The fourth-order valence-corrected chi connectivity index (χ4v) is 2.47. The van der Waals surface area contributed by atoms with E-state index in [1.54, 1.807) is 4.90 Å². The summed E-state index contributed by atoms with van der Waals surface area (Å²) in [6.45, 7) is 1.25. The second kappa shape index (κ2) is 5.28. The first-order chi connectivity index (χ1) is 8.91. The molecule has 1 heterocycles. The number of piperidine rings is 1. The van der Waals surface area contributed by atoms with Gasteiger partial charge in [-0.2, -0.15) is 13.2 Å². The van der Waals surface area contributed by atoms with Crippen molar-refractivity contribution in [3.8, 4) is 0 Å². The van der Waals surface area contributed by atoms with Gasteiger partial charge in [-0.3, -0.25) is 0 Å². The van der Waals surface area contributed by atoms with E-state index in [9.17, 15) is 13.2 Å². The molecule has 0 amide bonds. The standard InChI is InChI=1S/C13H18F3N3/c1-18-10-4-6-19(7-5-10)12-3-2-9(17)8-11(12)13(14,15)16/h2-3,8,10,18H,4-7,17H2,1H3. The van der Waals surface area contributed by atoms with Crippen molar-refractivity contribution in [2.75, 3.05) is 30.8 Å². The molecule has 0 saturated carbocycles. The number of halogens is 3. The molecule has 1 aliphatic heterocycles. The van der Waals surface area contributed by atoms with Crippen molar-refractivity contribution < 1.29 is 13.2 Å². The monoisotopic (exact) mass is 273 g/mol. The lowest BCUT2D eigenvalue weighted by atomic mass is 10.0. The highest BCUT2D eigenvalue weighted by molar-refractivity contribution is 5.61. The van der Waals surface area contributed by atoms with E-state index in [0.717, 1.165) is 18.9 Å². The first-order valence-electron chi connectivity index (χ1n) is 6.30. The third-order valence-electron chi connectivity index (χ3n) is 3.57. The molecule has 1 aromatic rings. The van der Waals surface area contributed by atoms with Crippen LogP contribution in [0.3, 0.4) is 0 Å². The Kier molecular flexibility index (Phi) is 3.89. The predicted molar refractivity (Wildman–Crippen MR) is 70.2 cm³/mol. The van der Waals surface area contributed by atoms with Crippen molar-refractivity contribution in [1.82, 2.24) is 5.32 Å². The molecule has 1 fully saturated rings. The van der Waals surface area contributed by atoms with E-state index in [0.29, 0.717) is 19.1 Å². The van der Waals surface area contributed by atoms with E-state index < -0.39 is 11.7 Å². The summed E-state index contributed by atoms with van der Waals surface area (Å²) in [5, 5.41) is 3.16. The summed E-state index contributed by atoms with van der Waals surface area (Å²) in [6.07, 6.45) is -2.68. The highest BCUT2D eigenvalue weighted by Gasteiger charge is 2.35. The molecule has 0 aromatic heterocycles. The third kappa shape index (κ3) is 3.12. The molecule has 0 aliphatic carbocycles. The number of benzene rings is 1. The van der Waals surface area contributed by atoms with E-state index in [1.807, 2.05) is 7.05 Å². The Bertz CT molecular complexity index is 437. The molecule has 2 rings (SSSR count). The summed E-state index contributed by atoms with van der Waals surface area (Å²) in [5.41, 5.74) is 5.20. The molecule has 1 aromatic carbocycles. The van der Waals surface area contributed by atoms with Crippen LogP contribution >= 0.6 is 0 Å². The van der Waals surface area contributed by atoms with Gasteiger partial charge in [0.05, 0.1) is 5.56 Å². The molecule has 3 nitrogen and oxygen atoms in total. The molecular formula is C13H18F3N3. The molecule has 106 valence electrons. The normalized spacial score (nSPS) is 17.8. The van der Waals surface area contributed by atoms with Crippen molar-refractivity contribution in [2.24, 2.45) is 0 Å². The highest BCUT2D eigenvalue weighted by atomic mass is 19.4. The third-order valence-corrected chi connectivity index (χ3v) is 3.57. The number of nitrogens with one attached hydrogen (secondary N) is 1. The van der Waals surface area contributed by atoms with Gasteiger partial charge in [0.25, 0.3) is 0 Å². The van der Waals surface area contributed by atoms with Gasteiger partial charge in [-0.1, -0.05) is 0 Å². The van der Waals surface area contributed by atoms with Gasteiger partial charge >= 0.3 is 6.18 Å². The zero-order valence-electron chi connectivity index (χ0n) is 10.8. The Morgan fingerprint density at radius 3 is 2.42 bits per heavy atom. The van der Waals surface area contributed by atoms with Crippen LogP contribution in [0, 0.1) is 0 Å². The van der Waals surface area contributed by atoms with Crippen LogP contribution in [0.25, 0.3) is 0 Å². The summed E-state index contributed by atoms with van der Waals surface area (Å²) < 4.78 is 39.1. The van der Waals surface area contributed by atoms with Gasteiger partial charge in [0.2, 0.25) is 0 Å². The average molecular weight is 273 g/mol. The predicted octanol–water partition coefficient (Wildman–Crippen LogP) is 2.48. The zero-order valence-corrected chi connectivity index (χ0v) is 10.8. The van der Waals surface area contributed by atoms with E-state index in [4.69, 9.17) is 5.73 Å². The molecule has 0 bridgehead atoms. The van der Waals surface area contributed by atoms with Gasteiger partial charge in [0.1, 0.15) is 0 Å². The van der Waals surface area contributed by atoms with Gasteiger partial charge in [-0.25, -0.2) is 0 Å². The number of nitrogen functional groups attached to an aromatic ring is 1. The van der Waals surface area contributed by atoms with E-state index in [-0.39, 0.29) is 11.4 Å². The molecule has 1 aliphatic rings. The number of hydrogen-bond donors (Lipinski definition) is 2. The quantitative estimate of drug-likeness (QED) is 0.813. The Labute approximate surface area is 110 Å². The maximum atomic E-state index is 13.0. The minimum absolute atomic E-state index is 0.140. The van der Waals surface area contributed by atoms with Gasteiger partial charge in [0, 0.05) is 30.5 Å². The summed E-state index contributed by atoms with van der Waals surface area (Å²) in [5.74, 6) is 0. The molecular weight excluding hydrogens is 255 g/mol. The minimum atomic E-state index is -4.37. The highest BCUT2D eigenvalue weighted by Crippen LogP contribution is 2.38. The summed E-state index contributed by atoms with van der Waals surface area (Å²) >= 11 is 0. The topological polar surface area (TPSA) is 41.3 Å². The fraction of sp³-hybridized carbons (Fsp3) is 0.538. The molecule has 0 spiro atoms. The first-order valence-corrected chi connectivity index (χ1v) is 6.30. The smallest absolute Gasteiger partial charge is 0.399 e. The summed E-state index contributed by atoms with van der Waals surface area (Å²) in [7, 11) is 1.88. The molecule has 6 heteroatoms. The van der Waals surface area contributed by atoms with Gasteiger partial charge < -0.3 is 16.0 Å². The maximum absolute atomic E-state index is 13.0. The number of alkyl halides is 3. The number of anilines is 2. The van der Waals surface area contributed by atoms with E-state index in [2.05, 4.69) is 5.32 Å². The van der Waals surface area contributed by atoms with Crippen LogP contribution in [0.5, 0.6) is 0 Å². The van der Waals surface area contributed by atoms with Crippen LogP contribution in [0.4, 0.5) is 24.5 Å². The van der Waals surface area contributed by atoms with Crippen LogP contribution in [-0.4, -0.2) is 26.2 Å². The van der Waals surface area contributed by atoms with Gasteiger partial charge in [-0.05, 0) is 38.1 Å². The van der Waals surface area contributed by atoms with E-state index >= 15 is 0 Å². The summed E-state index contributed by atoms with van der Waals surface area (Å²) in [6, 6.07) is 4.39. The van der Waals surface area contributed by atoms with Crippen LogP contribution in [0.1, 0.15) is 18.4 Å². The number of hydrogen-bond acceptors (Lipinski definition) is 3. The fourth-order valence-electron chi connectivity index (χ4n) is 2.47. The molecule has 0 atom stereocenters. The van der Waals surface area contributed by atoms with E-state index in [1.165, 1.54) is 12.1 Å². The lowest BCUT2D eigenvalue weighted by molar-refractivity contribution is -0.137. The lowest BCUT2D eigenvalue weighted by Gasteiger charge is -2.35. The second-order valence-electron chi connectivity index (χ2n) is 4.82. The minimum Gasteiger partial charge on any atom is -0.399 e.